The van der Waals surface area contributed by atoms with E-state index in [9.17, 15) is 14.0 Å². The van der Waals surface area contributed by atoms with Gasteiger partial charge in [0, 0.05) is 11.6 Å². The highest BCUT2D eigenvalue weighted by atomic mass is 19.1. The van der Waals surface area contributed by atoms with Crippen LogP contribution in [0.2, 0.25) is 0 Å². The standard InChI is InChI=1S/C24H19FO5/c1-28-18-8-5-7-17(14-18)24(27)30-23-15-19(29-2)11-12-20(23)22(26)13-10-16-6-3-4-9-21(16)25/h3-15H,1-2H3. The first-order valence-electron chi connectivity index (χ1n) is 9.03. The van der Waals surface area contributed by atoms with Gasteiger partial charge >= 0.3 is 5.97 Å². The van der Waals surface area contributed by atoms with Crippen molar-refractivity contribution in [3.63, 3.8) is 0 Å². The molecule has 0 aromatic heterocycles. The molecule has 30 heavy (non-hydrogen) atoms. The van der Waals surface area contributed by atoms with Gasteiger partial charge in [-0.05, 0) is 48.6 Å². The molecule has 0 atom stereocenters. The average Bonchev–Trinajstić information content (AvgIpc) is 2.78. The summed E-state index contributed by atoms with van der Waals surface area (Å²) in [6.07, 6.45) is 2.60. The fourth-order valence-electron chi connectivity index (χ4n) is 2.69. The third-order valence-corrected chi connectivity index (χ3v) is 4.28. The molecule has 3 aromatic rings. The maximum absolute atomic E-state index is 13.8. The molecule has 6 heteroatoms. The van der Waals surface area contributed by atoms with Crippen LogP contribution in [0.4, 0.5) is 4.39 Å². The molecule has 0 spiro atoms. The first-order valence-corrected chi connectivity index (χ1v) is 9.03. The molecule has 0 N–H and O–H groups in total. The molecule has 0 saturated heterocycles. The molecule has 0 aliphatic rings. The van der Waals surface area contributed by atoms with E-state index in [4.69, 9.17) is 14.2 Å². The van der Waals surface area contributed by atoms with Crippen LogP contribution in [0.15, 0.2) is 72.8 Å². The van der Waals surface area contributed by atoms with E-state index >= 15 is 0 Å². The van der Waals surface area contributed by atoms with Crippen LogP contribution in [-0.2, 0) is 0 Å². The van der Waals surface area contributed by atoms with Gasteiger partial charge < -0.3 is 14.2 Å². The summed E-state index contributed by atoms with van der Waals surface area (Å²) in [5.41, 5.74) is 0.673. The predicted octanol–water partition coefficient (Wildman–Crippen LogP) is 4.96. The lowest BCUT2D eigenvalue weighted by Gasteiger charge is -2.11. The minimum absolute atomic E-state index is 0.0327. The summed E-state index contributed by atoms with van der Waals surface area (Å²) in [7, 11) is 2.95. The van der Waals surface area contributed by atoms with E-state index in [1.165, 1.54) is 50.6 Å². The third kappa shape index (κ3) is 4.91. The zero-order valence-electron chi connectivity index (χ0n) is 16.4. The lowest BCUT2D eigenvalue weighted by Crippen LogP contribution is -2.11. The Morgan fingerprint density at radius 2 is 1.60 bits per heavy atom. The van der Waals surface area contributed by atoms with Gasteiger partial charge in [-0.15, -0.1) is 0 Å². The van der Waals surface area contributed by atoms with Crippen molar-refractivity contribution in [3.05, 3.63) is 95.3 Å². The lowest BCUT2D eigenvalue weighted by molar-refractivity contribution is 0.0732. The Hall–Kier alpha value is -3.93. The van der Waals surface area contributed by atoms with Crippen LogP contribution in [0.3, 0.4) is 0 Å². The first-order chi connectivity index (χ1) is 14.5. The summed E-state index contributed by atoms with van der Waals surface area (Å²) in [6.45, 7) is 0. The number of methoxy groups -OCH3 is 2. The second kappa shape index (κ2) is 9.52. The van der Waals surface area contributed by atoms with Gasteiger partial charge in [-0.25, -0.2) is 9.18 Å². The Balaban J connectivity index is 1.89. The van der Waals surface area contributed by atoms with Crippen LogP contribution >= 0.6 is 0 Å². The zero-order chi connectivity index (χ0) is 21.5. The Morgan fingerprint density at radius 3 is 2.33 bits per heavy atom. The lowest BCUT2D eigenvalue weighted by atomic mass is 10.1. The highest BCUT2D eigenvalue weighted by Crippen LogP contribution is 2.27. The Kier molecular flexibility index (Phi) is 6.60. The van der Waals surface area contributed by atoms with Gasteiger partial charge in [0.25, 0.3) is 0 Å². The van der Waals surface area contributed by atoms with Crippen LogP contribution in [0, 0.1) is 5.82 Å². The Labute approximate surface area is 173 Å². The molecule has 0 aliphatic heterocycles. The van der Waals surface area contributed by atoms with E-state index in [1.54, 1.807) is 42.5 Å². The number of carbonyl (C=O) groups is 2. The number of esters is 1. The largest absolute Gasteiger partial charge is 0.497 e. The second-order valence-corrected chi connectivity index (χ2v) is 6.20. The number of hydrogen-bond acceptors (Lipinski definition) is 5. The highest BCUT2D eigenvalue weighted by Gasteiger charge is 2.17. The summed E-state index contributed by atoms with van der Waals surface area (Å²) in [5.74, 6) is -0.604. The van der Waals surface area contributed by atoms with Crippen LogP contribution < -0.4 is 14.2 Å². The number of hydrogen-bond donors (Lipinski definition) is 0. The summed E-state index contributed by atoms with van der Waals surface area (Å²) >= 11 is 0. The summed E-state index contributed by atoms with van der Waals surface area (Å²) in [4.78, 5) is 25.3. The molecule has 3 rings (SSSR count). The van der Waals surface area contributed by atoms with E-state index in [0.717, 1.165) is 0 Å². The van der Waals surface area contributed by atoms with E-state index in [2.05, 4.69) is 0 Å². The number of rotatable bonds is 7. The van der Waals surface area contributed by atoms with E-state index in [-0.39, 0.29) is 22.4 Å². The van der Waals surface area contributed by atoms with Crippen molar-refractivity contribution in [3.8, 4) is 17.2 Å². The third-order valence-electron chi connectivity index (χ3n) is 4.28. The molecule has 152 valence electrons. The van der Waals surface area contributed by atoms with Crippen LogP contribution in [0.25, 0.3) is 6.08 Å². The van der Waals surface area contributed by atoms with Gasteiger partial charge in [-0.3, -0.25) is 4.79 Å². The molecule has 0 aliphatic carbocycles. The summed E-state index contributed by atoms with van der Waals surface area (Å²) in [6, 6.07) is 17.1. The van der Waals surface area contributed by atoms with Gasteiger partial charge in [-0.1, -0.05) is 24.3 Å². The zero-order valence-corrected chi connectivity index (χ0v) is 16.4. The fourth-order valence-corrected chi connectivity index (χ4v) is 2.69. The van der Waals surface area contributed by atoms with Gasteiger partial charge in [0.05, 0.1) is 25.3 Å². The Morgan fingerprint density at radius 1 is 0.867 bits per heavy atom. The average molecular weight is 406 g/mol. The predicted molar refractivity (Wildman–Crippen MR) is 111 cm³/mol. The van der Waals surface area contributed by atoms with Crippen molar-refractivity contribution < 1.29 is 28.2 Å². The summed E-state index contributed by atoms with van der Waals surface area (Å²) < 4.78 is 29.5. The quantitative estimate of drug-likeness (QED) is 0.240. The molecular formula is C24H19FO5. The van der Waals surface area contributed by atoms with Gasteiger partial charge in [0.15, 0.2) is 5.78 Å². The number of ketones is 1. The van der Waals surface area contributed by atoms with E-state index < -0.39 is 17.6 Å². The normalized spacial score (nSPS) is 10.6. The molecule has 5 nitrogen and oxygen atoms in total. The molecule has 0 unspecified atom stereocenters. The van der Waals surface area contributed by atoms with E-state index in [0.29, 0.717) is 11.5 Å². The molecule has 0 amide bonds. The van der Waals surface area contributed by atoms with Crippen LogP contribution in [0.1, 0.15) is 26.3 Å². The molecule has 0 fully saturated rings. The number of halogens is 1. The SMILES string of the molecule is COc1cccc(C(=O)Oc2cc(OC)ccc2C(=O)C=Cc2ccccc2F)c1. The topological polar surface area (TPSA) is 61.8 Å². The molecule has 0 radical (unpaired) electrons. The maximum Gasteiger partial charge on any atom is 0.343 e. The molecule has 0 bridgehead atoms. The van der Waals surface area contributed by atoms with Crippen molar-refractivity contribution in [1.82, 2.24) is 0 Å². The van der Waals surface area contributed by atoms with Crippen molar-refractivity contribution >= 4 is 17.8 Å². The highest BCUT2D eigenvalue weighted by molar-refractivity contribution is 6.09. The smallest absolute Gasteiger partial charge is 0.343 e. The van der Waals surface area contributed by atoms with Gasteiger partial charge in [-0.2, -0.15) is 0 Å². The van der Waals surface area contributed by atoms with Gasteiger partial charge in [0.1, 0.15) is 23.1 Å². The van der Waals surface area contributed by atoms with Crippen LogP contribution in [-0.4, -0.2) is 26.0 Å². The summed E-state index contributed by atoms with van der Waals surface area (Å²) in [5, 5.41) is 0. The van der Waals surface area contributed by atoms with Crippen LogP contribution in [0.5, 0.6) is 17.2 Å². The number of carbonyl (C=O) groups excluding carboxylic acids is 2. The molecule has 3 aromatic carbocycles. The van der Waals surface area contributed by atoms with Crippen molar-refractivity contribution in [1.29, 1.82) is 0 Å². The first kappa shape index (κ1) is 20.8. The van der Waals surface area contributed by atoms with Gasteiger partial charge in [0.2, 0.25) is 0 Å². The second-order valence-electron chi connectivity index (χ2n) is 6.20. The Bertz CT molecular complexity index is 1100. The maximum atomic E-state index is 13.8. The number of allylic oxidation sites excluding steroid dienone is 1. The van der Waals surface area contributed by atoms with E-state index in [1.807, 2.05) is 0 Å². The molecular weight excluding hydrogens is 387 g/mol. The molecule has 0 heterocycles. The van der Waals surface area contributed by atoms with Crippen molar-refractivity contribution in [2.45, 2.75) is 0 Å². The number of ether oxygens (including phenoxy) is 3. The number of benzene rings is 3. The minimum atomic E-state index is -0.658. The van der Waals surface area contributed by atoms with Crippen molar-refractivity contribution in [2.75, 3.05) is 14.2 Å². The van der Waals surface area contributed by atoms with Crippen molar-refractivity contribution in [2.24, 2.45) is 0 Å². The fraction of sp³-hybridized carbons (Fsp3) is 0.0833. The monoisotopic (exact) mass is 406 g/mol. The minimum Gasteiger partial charge on any atom is -0.497 e. The molecule has 0 saturated carbocycles.